The Balaban J connectivity index is 3.52. The number of esters is 2. The second-order valence-electron chi connectivity index (χ2n) is 16.5. The molecule has 0 aromatic carbocycles. The van der Waals surface area contributed by atoms with Crippen LogP contribution in [0.5, 0.6) is 0 Å². The van der Waals surface area contributed by atoms with Crippen molar-refractivity contribution in [2.45, 2.75) is 258 Å². The lowest BCUT2D eigenvalue weighted by Crippen LogP contribution is -2.28. The number of unbranched alkanes of at least 4 members (excludes halogenated alkanes) is 29. The summed E-state index contributed by atoms with van der Waals surface area (Å²) >= 11 is 0. The van der Waals surface area contributed by atoms with Crippen LogP contribution in [0.15, 0.2) is 48.6 Å². The van der Waals surface area contributed by atoms with Gasteiger partial charge in [0.15, 0.2) is 6.10 Å². The van der Waals surface area contributed by atoms with Gasteiger partial charge in [0.25, 0.3) is 0 Å². The molecule has 0 saturated heterocycles. The van der Waals surface area contributed by atoms with Gasteiger partial charge >= 0.3 is 11.9 Å². The highest BCUT2D eigenvalue weighted by molar-refractivity contribution is 5.70. The predicted molar refractivity (Wildman–Crippen MR) is 247 cm³/mol. The number of carbonyl (C=O) groups is 2. The Morgan fingerprint density at radius 1 is 0.404 bits per heavy atom. The van der Waals surface area contributed by atoms with Gasteiger partial charge in [0.05, 0.1) is 6.61 Å². The number of hydrogen-bond donors (Lipinski definition) is 1. The highest BCUT2D eigenvalue weighted by Gasteiger charge is 2.16. The van der Waals surface area contributed by atoms with Crippen molar-refractivity contribution in [1.82, 2.24) is 0 Å². The third-order valence-electron chi connectivity index (χ3n) is 10.8. The van der Waals surface area contributed by atoms with Crippen LogP contribution in [0.3, 0.4) is 0 Å². The van der Waals surface area contributed by atoms with Crippen molar-refractivity contribution >= 4 is 11.9 Å². The van der Waals surface area contributed by atoms with Crippen LogP contribution < -0.4 is 0 Å². The molecule has 1 atom stereocenters. The van der Waals surface area contributed by atoms with Crippen LogP contribution in [-0.2, 0) is 19.1 Å². The van der Waals surface area contributed by atoms with E-state index >= 15 is 0 Å². The summed E-state index contributed by atoms with van der Waals surface area (Å²) in [6.07, 6.45) is 61.9. The molecule has 1 N–H and O–H groups in total. The van der Waals surface area contributed by atoms with E-state index in [1.807, 2.05) is 0 Å². The fourth-order valence-electron chi connectivity index (χ4n) is 7.09. The molecule has 0 fully saturated rings. The van der Waals surface area contributed by atoms with Gasteiger partial charge in [0.2, 0.25) is 0 Å². The van der Waals surface area contributed by atoms with Gasteiger partial charge in [-0.1, -0.05) is 210 Å². The van der Waals surface area contributed by atoms with Crippen LogP contribution in [0.25, 0.3) is 0 Å². The van der Waals surface area contributed by atoms with E-state index in [0.29, 0.717) is 12.8 Å². The Hall–Kier alpha value is -2.14. The molecule has 0 aliphatic heterocycles. The SMILES string of the molecule is CCCCCCC/C=C\C/C=C\C/C=C\CCCCCCCCCCCCC(=O)OC(CO)COC(=O)CCCCCCCCC/C=C\CCCCCCCCC. The number of carbonyl (C=O) groups excluding carboxylic acids is 2. The zero-order chi connectivity index (χ0) is 41.4. The molecule has 0 rings (SSSR count). The molecule has 0 heterocycles. The minimum absolute atomic E-state index is 0.0689. The molecule has 0 aromatic rings. The zero-order valence-corrected chi connectivity index (χ0v) is 37.9. The third-order valence-corrected chi connectivity index (χ3v) is 10.8. The number of aliphatic hydroxyl groups is 1. The highest BCUT2D eigenvalue weighted by atomic mass is 16.6. The number of hydrogen-bond acceptors (Lipinski definition) is 5. The van der Waals surface area contributed by atoms with Crippen LogP contribution in [0.4, 0.5) is 0 Å². The van der Waals surface area contributed by atoms with Crippen molar-refractivity contribution in [3.05, 3.63) is 48.6 Å². The van der Waals surface area contributed by atoms with Crippen LogP contribution in [0.2, 0.25) is 0 Å². The average Bonchev–Trinajstić information content (AvgIpc) is 3.21. The maximum atomic E-state index is 12.3. The molecule has 1 unspecified atom stereocenters. The van der Waals surface area contributed by atoms with E-state index in [4.69, 9.17) is 9.47 Å². The van der Waals surface area contributed by atoms with E-state index in [2.05, 4.69) is 62.5 Å². The molecule has 5 nitrogen and oxygen atoms in total. The summed E-state index contributed by atoms with van der Waals surface area (Å²) < 4.78 is 10.7. The number of ether oxygens (including phenoxy) is 2. The minimum atomic E-state index is -0.776. The first-order valence-electron chi connectivity index (χ1n) is 24.7. The third kappa shape index (κ3) is 46.4. The van der Waals surface area contributed by atoms with Gasteiger partial charge in [-0.25, -0.2) is 0 Å². The molecule has 0 saturated carbocycles. The van der Waals surface area contributed by atoms with Crippen molar-refractivity contribution in [2.75, 3.05) is 13.2 Å². The zero-order valence-electron chi connectivity index (χ0n) is 37.9. The number of aliphatic hydroxyl groups excluding tert-OH is 1. The summed E-state index contributed by atoms with van der Waals surface area (Å²) in [5, 5.41) is 9.61. The van der Waals surface area contributed by atoms with E-state index in [1.54, 1.807) is 0 Å². The van der Waals surface area contributed by atoms with Gasteiger partial charge in [-0.15, -0.1) is 0 Å². The van der Waals surface area contributed by atoms with Crippen molar-refractivity contribution in [2.24, 2.45) is 0 Å². The van der Waals surface area contributed by atoms with E-state index in [1.165, 1.54) is 173 Å². The van der Waals surface area contributed by atoms with Crippen LogP contribution in [-0.4, -0.2) is 36.4 Å². The predicted octanol–water partition coefficient (Wildman–Crippen LogP) is 16.1. The van der Waals surface area contributed by atoms with Gasteiger partial charge in [0.1, 0.15) is 6.61 Å². The fourth-order valence-corrected chi connectivity index (χ4v) is 7.09. The van der Waals surface area contributed by atoms with E-state index in [-0.39, 0.29) is 25.2 Å². The van der Waals surface area contributed by atoms with Gasteiger partial charge in [-0.2, -0.15) is 0 Å². The quantitative estimate of drug-likeness (QED) is 0.0377. The molecule has 0 aliphatic rings. The molecule has 0 aromatic heterocycles. The molecule has 0 spiro atoms. The molecular weight excluding hydrogens is 705 g/mol. The second-order valence-corrected chi connectivity index (χ2v) is 16.5. The molecule has 57 heavy (non-hydrogen) atoms. The van der Waals surface area contributed by atoms with Crippen LogP contribution in [0, 0.1) is 0 Å². The second kappa shape index (κ2) is 48.2. The molecule has 0 radical (unpaired) electrons. The summed E-state index contributed by atoms with van der Waals surface area (Å²) in [6.45, 7) is 4.14. The average molecular weight is 799 g/mol. The summed E-state index contributed by atoms with van der Waals surface area (Å²) in [4.78, 5) is 24.4. The first kappa shape index (κ1) is 54.9. The molecule has 332 valence electrons. The maximum Gasteiger partial charge on any atom is 0.306 e. The molecule has 5 heteroatoms. The monoisotopic (exact) mass is 799 g/mol. The standard InChI is InChI=1S/C52H94O5/c1-3-5-7-9-11-13-15-17-19-21-23-24-25-26-27-28-29-31-33-35-37-39-41-43-45-47-52(55)57-50(48-53)49-56-51(54)46-44-42-40-38-36-34-32-30-22-20-18-16-14-12-10-8-6-4-2/h15,17,20-23,25-26,50,53H,3-14,16,18-19,24,27-49H2,1-2H3/b17-15-,22-20-,23-21-,26-25-. The number of allylic oxidation sites excluding steroid dienone is 8. The summed E-state index contributed by atoms with van der Waals surface area (Å²) in [7, 11) is 0. The Bertz CT molecular complexity index is 950. The normalized spacial score (nSPS) is 12.5. The smallest absolute Gasteiger partial charge is 0.306 e. The Labute approximate surface area is 354 Å². The van der Waals surface area contributed by atoms with Crippen molar-refractivity contribution < 1.29 is 24.2 Å². The fraction of sp³-hybridized carbons (Fsp3) is 0.808. The highest BCUT2D eigenvalue weighted by Crippen LogP contribution is 2.15. The molecule has 0 bridgehead atoms. The largest absolute Gasteiger partial charge is 0.462 e. The first-order chi connectivity index (χ1) is 28.1. The van der Waals surface area contributed by atoms with Crippen molar-refractivity contribution in [1.29, 1.82) is 0 Å². The van der Waals surface area contributed by atoms with E-state index < -0.39 is 6.10 Å². The molecular formula is C52H94O5. The lowest BCUT2D eigenvalue weighted by molar-refractivity contribution is -0.161. The number of rotatable bonds is 45. The maximum absolute atomic E-state index is 12.3. The lowest BCUT2D eigenvalue weighted by Gasteiger charge is -2.15. The van der Waals surface area contributed by atoms with Crippen molar-refractivity contribution in [3.8, 4) is 0 Å². The Kier molecular flexibility index (Phi) is 46.4. The van der Waals surface area contributed by atoms with Gasteiger partial charge < -0.3 is 14.6 Å². The summed E-state index contributed by atoms with van der Waals surface area (Å²) in [5.74, 6) is -0.594. The Morgan fingerprint density at radius 2 is 0.702 bits per heavy atom. The van der Waals surface area contributed by atoms with Gasteiger partial charge in [0, 0.05) is 12.8 Å². The summed E-state index contributed by atoms with van der Waals surface area (Å²) in [5.41, 5.74) is 0. The minimum Gasteiger partial charge on any atom is -0.462 e. The van der Waals surface area contributed by atoms with E-state index in [0.717, 1.165) is 51.4 Å². The Morgan fingerprint density at radius 3 is 1.07 bits per heavy atom. The topological polar surface area (TPSA) is 72.8 Å². The molecule has 0 aliphatic carbocycles. The van der Waals surface area contributed by atoms with Gasteiger partial charge in [-0.05, 0) is 77.0 Å². The van der Waals surface area contributed by atoms with Crippen LogP contribution >= 0.6 is 0 Å². The lowest BCUT2D eigenvalue weighted by atomic mass is 10.0. The van der Waals surface area contributed by atoms with Crippen LogP contribution in [0.1, 0.15) is 251 Å². The van der Waals surface area contributed by atoms with Gasteiger partial charge in [-0.3, -0.25) is 9.59 Å². The molecule has 0 amide bonds. The van der Waals surface area contributed by atoms with E-state index in [9.17, 15) is 14.7 Å². The first-order valence-corrected chi connectivity index (χ1v) is 24.7. The van der Waals surface area contributed by atoms with Crippen molar-refractivity contribution in [3.63, 3.8) is 0 Å². The summed E-state index contributed by atoms with van der Waals surface area (Å²) in [6, 6.07) is 0.